The van der Waals surface area contributed by atoms with E-state index in [4.69, 9.17) is 11.6 Å². The third-order valence-corrected chi connectivity index (χ3v) is 7.30. The summed E-state index contributed by atoms with van der Waals surface area (Å²) in [6.07, 6.45) is 0. The van der Waals surface area contributed by atoms with Crippen molar-refractivity contribution < 1.29 is 13.2 Å². The molecule has 0 N–H and O–H groups in total. The molecule has 0 unspecified atom stereocenters. The minimum atomic E-state index is -3.71. The van der Waals surface area contributed by atoms with Crippen LogP contribution in [-0.4, -0.2) is 58.5 Å². The van der Waals surface area contributed by atoms with E-state index in [2.05, 4.69) is 8.75 Å². The molecule has 0 aliphatic carbocycles. The molecule has 1 aromatic heterocycles. The topological polar surface area (TPSA) is 83.5 Å². The number of hydrogen-bond donors (Lipinski definition) is 0. The van der Waals surface area contributed by atoms with Crippen molar-refractivity contribution in [3.8, 4) is 0 Å². The van der Waals surface area contributed by atoms with Crippen LogP contribution >= 0.6 is 23.3 Å². The smallest absolute Gasteiger partial charge is 0.255 e. The summed E-state index contributed by atoms with van der Waals surface area (Å²) in [7, 11) is -3.71. The lowest BCUT2D eigenvalue weighted by atomic mass is 10.2. The average molecular weight is 423 g/mol. The molecular weight excluding hydrogens is 408 g/mol. The van der Waals surface area contributed by atoms with Crippen LogP contribution in [0, 0.1) is 0 Å². The van der Waals surface area contributed by atoms with Gasteiger partial charge in [-0.15, -0.1) is 0 Å². The Hall–Kier alpha value is -2.07. The standard InChI is InChI=1S/C17H15ClN4O3S2/c18-13-5-2-1-4-12(13)17(23)21-8-10-22(11-9-21)27(24,25)15-7-3-6-14-16(15)20-26-19-14/h1-7H,8-11H2. The van der Waals surface area contributed by atoms with Gasteiger partial charge in [-0.05, 0) is 24.3 Å². The van der Waals surface area contributed by atoms with Crippen molar-refractivity contribution in [1.29, 1.82) is 0 Å². The first kappa shape index (κ1) is 18.3. The minimum Gasteiger partial charge on any atom is -0.336 e. The lowest BCUT2D eigenvalue weighted by Gasteiger charge is -2.34. The summed E-state index contributed by atoms with van der Waals surface area (Å²) < 4.78 is 35.7. The number of carbonyl (C=O) groups is 1. The number of hydrogen-bond acceptors (Lipinski definition) is 6. The highest BCUT2D eigenvalue weighted by Gasteiger charge is 2.32. The fourth-order valence-electron chi connectivity index (χ4n) is 3.07. The maximum absolute atomic E-state index is 13.0. The van der Waals surface area contributed by atoms with E-state index in [1.165, 1.54) is 4.31 Å². The van der Waals surface area contributed by atoms with Crippen LogP contribution in [-0.2, 0) is 10.0 Å². The summed E-state index contributed by atoms with van der Waals surface area (Å²) in [5, 5.41) is 0.389. The molecule has 0 radical (unpaired) electrons. The van der Waals surface area contributed by atoms with Gasteiger partial charge in [0.25, 0.3) is 5.91 Å². The first-order chi connectivity index (χ1) is 13.0. The summed E-state index contributed by atoms with van der Waals surface area (Å²) in [4.78, 5) is 14.4. The molecule has 2 aromatic carbocycles. The van der Waals surface area contributed by atoms with Gasteiger partial charge in [-0.1, -0.05) is 29.8 Å². The van der Waals surface area contributed by atoms with Crippen LogP contribution < -0.4 is 0 Å². The zero-order valence-corrected chi connectivity index (χ0v) is 16.5. The minimum absolute atomic E-state index is 0.152. The fourth-order valence-corrected chi connectivity index (χ4v) is 5.46. The third-order valence-electron chi connectivity index (χ3n) is 4.50. The van der Waals surface area contributed by atoms with Crippen molar-refractivity contribution in [2.24, 2.45) is 0 Å². The van der Waals surface area contributed by atoms with Gasteiger partial charge in [-0.3, -0.25) is 4.79 Å². The second-order valence-electron chi connectivity index (χ2n) is 6.06. The summed E-state index contributed by atoms with van der Waals surface area (Å²) in [5.41, 5.74) is 1.37. The highest BCUT2D eigenvalue weighted by molar-refractivity contribution is 7.89. The number of fused-ring (bicyclic) bond motifs is 1. The van der Waals surface area contributed by atoms with Crippen molar-refractivity contribution in [2.75, 3.05) is 26.2 Å². The van der Waals surface area contributed by atoms with Crippen LogP contribution in [0.4, 0.5) is 0 Å². The molecule has 0 spiro atoms. The van der Waals surface area contributed by atoms with Gasteiger partial charge in [0.15, 0.2) is 0 Å². The molecular formula is C17H15ClN4O3S2. The van der Waals surface area contributed by atoms with Crippen LogP contribution in [0.3, 0.4) is 0 Å². The van der Waals surface area contributed by atoms with E-state index in [0.29, 0.717) is 34.7 Å². The Morgan fingerprint density at radius 1 is 1.00 bits per heavy atom. The van der Waals surface area contributed by atoms with Gasteiger partial charge in [-0.25, -0.2) is 8.42 Å². The van der Waals surface area contributed by atoms with Crippen molar-refractivity contribution in [3.63, 3.8) is 0 Å². The monoisotopic (exact) mass is 422 g/mol. The van der Waals surface area contributed by atoms with Gasteiger partial charge >= 0.3 is 0 Å². The maximum Gasteiger partial charge on any atom is 0.255 e. The summed E-state index contributed by atoms with van der Waals surface area (Å²) in [6.45, 7) is 1.03. The number of aromatic nitrogens is 2. The van der Waals surface area contributed by atoms with E-state index in [1.54, 1.807) is 47.4 Å². The van der Waals surface area contributed by atoms with Crippen LogP contribution in [0.2, 0.25) is 5.02 Å². The van der Waals surface area contributed by atoms with Crippen LogP contribution in [0.1, 0.15) is 10.4 Å². The van der Waals surface area contributed by atoms with Crippen LogP contribution in [0.25, 0.3) is 11.0 Å². The molecule has 2 heterocycles. The van der Waals surface area contributed by atoms with Gasteiger partial charge in [0.1, 0.15) is 15.9 Å². The Morgan fingerprint density at radius 2 is 1.74 bits per heavy atom. The molecule has 0 saturated carbocycles. The average Bonchev–Trinajstić information content (AvgIpc) is 3.16. The molecule has 1 aliphatic rings. The lowest BCUT2D eigenvalue weighted by Crippen LogP contribution is -2.50. The number of sulfonamides is 1. The highest BCUT2D eigenvalue weighted by atomic mass is 35.5. The molecule has 0 atom stereocenters. The Kier molecular flexibility index (Phi) is 4.85. The van der Waals surface area contributed by atoms with Gasteiger partial charge < -0.3 is 4.90 Å². The molecule has 4 rings (SSSR count). The van der Waals surface area contributed by atoms with E-state index in [0.717, 1.165) is 11.7 Å². The number of amides is 1. The van der Waals surface area contributed by atoms with Gasteiger partial charge in [0.05, 0.1) is 22.3 Å². The van der Waals surface area contributed by atoms with Crippen molar-refractivity contribution >= 4 is 50.3 Å². The van der Waals surface area contributed by atoms with Crippen molar-refractivity contribution in [3.05, 3.63) is 53.1 Å². The second kappa shape index (κ2) is 7.16. The Morgan fingerprint density at radius 3 is 2.48 bits per heavy atom. The normalized spacial score (nSPS) is 16.0. The van der Waals surface area contributed by atoms with Crippen molar-refractivity contribution in [1.82, 2.24) is 18.0 Å². The molecule has 7 nitrogen and oxygen atoms in total. The Labute approximate surface area is 165 Å². The Balaban J connectivity index is 1.53. The Bertz CT molecular complexity index is 1110. The van der Waals surface area contributed by atoms with Gasteiger partial charge in [0.2, 0.25) is 10.0 Å². The molecule has 27 heavy (non-hydrogen) atoms. The van der Waals surface area contributed by atoms with Crippen LogP contribution in [0.5, 0.6) is 0 Å². The number of benzene rings is 2. The van der Waals surface area contributed by atoms with Crippen molar-refractivity contribution in [2.45, 2.75) is 4.90 Å². The number of rotatable bonds is 3. The molecule has 140 valence electrons. The second-order valence-corrected chi connectivity index (χ2v) is 8.91. The highest BCUT2D eigenvalue weighted by Crippen LogP contribution is 2.26. The van der Waals surface area contributed by atoms with Gasteiger partial charge in [-0.2, -0.15) is 13.1 Å². The lowest BCUT2D eigenvalue weighted by molar-refractivity contribution is 0.0698. The largest absolute Gasteiger partial charge is 0.336 e. The maximum atomic E-state index is 13.0. The zero-order chi connectivity index (χ0) is 19.0. The van der Waals surface area contributed by atoms with E-state index in [9.17, 15) is 13.2 Å². The molecule has 0 bridgehead atoms. The molecule has 10 heteroatoms. The predicted molar refractivity (Wildman–Crippen MR) is 104 cm³/mol. The molecule has 1 saturated heterocycles. The SMILES string of the molecule is O=C(c1ccccc1Cl)N1CCN(S(=O)(=O)c2cccc3nsnc23)CC1. The van der Waals surface area contributed by atoms with E-state index in [-0.39, 0.29) is 23.9 Å². The van der Waals surface area contributed by atoms with E-state index in [1.807, 2.05) is 0 Å². The summed E-state index contributed by atoms with van der Waals surface area (Å²) in [5.74, 6) is -0.191. The number of halogens is 1. The predicted octanol–water partition coefficient (Wildman–Crippen LogP) is 2.49. The number of carbonyl (C=O) groups excluding carboxylic acids is 1. The first-order valence-electron chi connectivity index (χ1n) is 8.24. The van der Waals surface area contributed by atoms with E-state index >= 15 is 0 Å². The zero-order valence-electron chi connectivity index (χ0n) is 14.1. The number of nitrogens with zero attached hydrogens (tertiary/aromatic N) is 4. The summed E-state index contributed by atoms with van der Waals surface area (Å²) >= 11 is 7.08. The number of piperazine rings is 1. The quantitative estimate of drug-likeness (QED) is 0.647. The fraction of sp³-hybridized carbons (Fsp3) is 0.235. The molecule has 1 aliphatic heterocycles. The summed E-state index contributed by atoms with van der Waals surface area (Å²) in [6, 6.07) is 11.8. The molecule has 3 aromatic rings. The van der Waals surface area contributed by atoms with Gasteiger partial charge in [0, 0.05) is 26.2 Å². The van der Waals surface area contributed by atoms with E-state index < -0.39 is 10.0 Å². The first-order valence-corrected chi connectivity index (χ1v) is 10.8. The third kappa shape index (κ3) is 3.31. The van der Waals surface area contributed by atoms with Crippen LogP contribution in [0.15, 0.2) is 47.4 Å². The molecule has 1 fully saturated rings. The molecule has 1 amide bonds.